The summed E-state index contributed by atoms with van der Waals surface area (Å²) in [6.07, 6.45) is 0. The van der Waals surface area contributed by atoms with Gasteiger partial charge < -0.3 is 16.8 Å². The van der Waals surface area contributed by atoms with E-state index in [1.165, 1.54) is 0 Å². The topological polar surface area (TPSA) is 93.5 Å². The van der Waals surface area contributed by atoms with Gasteiger partial charge in [-0.2, -0.15) is 4.99 Å². The molecule has 0 radical (unpaired) electrons. The summed E-state index contributed by atoms with van der Waals surface area (Å²) in [5, 5.41) is 2.85. The molecule has 0 aliphatic heterocycles. The zero-order chi connectivity index (χ0) is 10.6. The number of nitrogens with one attached hydrogen (secondary N) is 1. The maximum Gasteiger partial charge on any atom is 0.348 e. The van der Waals surface area contributed by atoms with Crippen molar-refractivity contribution >= 4 is 41.7 Å². The van der Waals surface area contributed by atoms with E-state index in [9.17, 15) is 4.79 Å². The van der Waals surface area contributed by atoms with E-state index in [1.807, 2.05) is 0 Å². The molecule has 5 nitrogen and oxygen atoms in total. The van der Waals surface area contributed by atoms with Crippen LogP contribution in [0.5, 0.6) is 0 Å². The Bertz CT molecular complexity index is 377. The Morgan fingerprint density at radius 2 is 1.93 bits per heavy atom. The molecular weight excluding hydrogens is 239 g/mol. The minimum Gasteiger partial charge on any atom is -0.370 e. The number of aliphatic imine (C=N–C) groups is 1. The van der Waals surface area contributed by atoms with E-state index in [-0.39, 0.29) is 18.4 Å². The average Bonchev–Trinajstić information content (AvgIpc) is 2.07. The van der Waals surface area contributed by atoms with Crippen LogP contribution in [0.1, 0.15) is 0 Å². The fourth-order valence-electron chi connectivity index (χ4n) is 0.823. The lowest BCUT2D eigenvalue weighted by molar-refractivity contribution is 0.259. The fourth-order valence-corrected chi connectivity index (χ4v) is 1.01. The molecule has 0 aliphatic carbocycles. The summed E-state index contributed by atoms with van der Waals surface area (Å²) >= 11 is 5.78. The molecule has 15 heavy (non-hydrogen) atoms. The molecule has 0 atom stereocenters. The summed E-state index contributed by atoms with van der Waals surface area (Å²) in [4.78, 5) is 14.3. The molecule has 0 aromatic heterocycles. The first-order valence-corrected chi connectivity index (χ1v) is 4.12. The maximum absolute atomic E-state index is 11.1. The van der Waals surface area contributed by atoms with Crippen LogP contribution < -0.4 is 16.8 Å². The standard InChI is InChI=1S/C8H9ClN4O.ClH/c9-5-3-1-2-4-6(5)12-8(14)13-7(10)11;/h1-4H,(H5,10,11,12,13,14);1H. The number of nitrogens with zero attached hydrogens (tertiary/aromatic N) is 1. The number of carbonyl (C=O) groups is 1. The van der Waals surface area contributed by atoms with E-state index in [2.05, 4.69) is 10.3 Å². The predicted molar refractivity (Wildman–Crippen MR) is 63.5 cm³/mol. The Morgan fingerprint density at radius 1 is 1.33 bits per heavy atom. The summed E-state index contributed by atoms with van der Waals surface area (Å²) in [6, 6.07) is 6.11. The first-order valence-electron chi connectivity index (χ1n) is 3.75. The van der Waals surface area contributed by atoms with Gasteiger partial charge in [-0.3, -0.25) is 0 Å². The molecule has 0 saturated heterocycles. The van der Waals surface area contributed by atoms with Crippen LogP contribution in [0.2, 0.25) is 5.02 Å². The first-order chi connectivity index (χ1) is 6.59. The highest BCUT2D eigenvalue weighted by Crippen LogP contribution is 2.20. The molecule has 0 bridgehead atoms. The summed E-state index contributed by atoms with van der Waals surface area (Å²) in [7, 11) is 0. The van der Waals surface area contributed by atoms with E-state index in [1.54, 1.807) is 24.3 Å². The summed E-state index contributed by atoms with van der Waals surface area (Å²) < 4.78 is 0. The highest BCUT2D eigenvalue weighted by molar-refractivity contribution is 6.33. The predicted octanol–water partition coefficient (Wildman–Crippen LogP) is 1.57. The van der Waals surface area contributed by atoms with Gasteiger partial charge in [-0.05, 0) is 12.1 Å². The maximum atomic E-state index is 11.1. The smallest absolute Gasteiger partial charge is 0.348 e. The quantitative estimate of drug-likeness (QED) is 0.520. The third-order valence-corrected chi connectivity index (χ3v) is 1.68. The molecule has 1 rings (SSSR count). The molecule has 1 aromatic carbocycles. The Hall–Kier alpha value is -1.46. The molecule has 0 saturated carbocycles. The lowest BCUT2D eigenvalue weighted by Gasteiger charge is -2.02. The zero-order valence-electron chi connectivity index (χ0n) is 7.61. The molecule has 0 heterocycles. The second-order valence-electron chi connectivity index (χ2n) is 2.45. The van der Waals surface area contributed by atoms with Gasteiger partial charge in [0.25, 0.3) is 0 Å². The van der Waals surface area contributed by atoms with Gasteiger partial charge in [0.05, 0.1) is 10.7 Å². The van der Waals surface area contributed by atoms with Crippen molar-refractivity contribution in [3.63, 3.8) is 0 Å². The Labute approximate surface area is 97.9 Å². The molecule has 7 heteroatoms. The number of amides is 2. The molecule has 1 aromatic rings. The zero-order valence-corrected chi connectivity index (χ0v) is 9.18. The minimum absolute atomic E-state index is 0. The van der Waals surface area contributed by atoms with Gasteiger partial charge in [0, 0.05) is 0 Å². The van der Waals surface area contributed by atoms with E-state index >= 15 is 0 Å². The van der Waals surface area contributed by atoms with Crippen LogP contribution in [0.3, 0.4) is 0 Å². The number of carbonyl (C=O) groups excluding carboxylic acids is 1. The number of nitrogens with two attached hydrogens (primary N) is 2. The number of rotatable bonds is 1. The van der Waals surface area contributed by atoms with Crippen LogP contribution in [-0.2, 0) is 0 Å². The lowest BCUT2D eigenvalue weighted by Crippen LogP contribution is -2.25. The summed E-state index contributed by atoms with van der Waals surface area (Å²) in [5.74, 6) is -0.297. The molecule has 82 valence electrons. The highest BCUT2D eigenvalue weighted by atomic mass is 35.5. The molecule has 0 fully saturated rings. The number of hydrogen-bond acceptors (Lipinski definition) is 1. The van der Waals surface area contributed by atoms with Crippen LogP contribution in [0, 0.1) is 0 Å². The van der Waals surface area contributed by atoms with Crippen molar-refractivity contribution in [1.29, 1.82) is 0 Å². The number of urea groups is 1. The molecule has 0 aliphatic rings. The highest BCUT2D eigenvalue weighted by Gasteiger charge is 2.02. The van der Waals surface area contributed by atoms with Crippen LogP contribution in [0.15, 0.2) is 29.3 Å². The van der Waals surface area contributed by atoms with Crippen molar-refractivity contribution < 1.29 is 4.79 Å². The fraction of sp³-hybridized carbons (Fsp3) is 0. The van der Waals surface area contributed by atoms with E-state index in [0.29, 0.717) is 10.7 Å². The third kappa shape index (κ3) is 4.53. The lowest BCUT2D eigenvalue weighted by atomic mass is 10.3. The van der Waals surface area contributed by atoms with Crippen LogP contribution in [0.4, 0.5) is 10.5 Å². The molecule has 0 spiro atoms. The van der Waals surface area contributed by atoms with Gasteiger partial charge in [-0.1, -0.05) is 23.7 Å². The monoisotopic (exact) mass is 248 g/mol. The SMILES string of the molecule is Cl.NC(N)=NC(=O)Nc1ccccc1Cl. The third-order valence-electron chi connectivity index (χ3n) is 1.35. The van der Waals surface area contributed by atoms with Gasteiger partial charge in [0.15, 0.2) is 5.96 Å². The van der Waals surface area contributed by atoms with Crippen molar-refractivity contribution in [3.05, 3.63) is 29.3 Å². The Balaban J connectivity index is 0.00000196. The largest absolute Gasteiger partial charge is 0.370 e. The minimum atomic E-state index is -0.655. The number of para-hydroxylation sites is 1. The van der Waals surface area contributed by atoms with Crippen molar-refractivity contribution in [2.45, 2.75) is 0 Å². The Morgan fingerprint density at radius 3 is 2.47 bits per heavy atom. The first kappa shape index (κ1) is 13.5. The number of hydrogen-bond donors (Lipinski definition) is 3. The van der Waals surface area contributed by atoms with Gasteiger partial charge in [-0.25, -0.2) is 4.79 Å². The van der Waals surface area contributed by atoms with Crippen molar-refractivity contribution in [2.24, 2.45) is 16.5 Å². The van der Waals surface area contributed by atoms with E-state index in [4.69, 9.17) is 23.1 Å². The van der Waals surface area contributed by atoms with Crippen LogP contribution >= 0.6 is 24.0 Å². The van der Waals surface area contributed by atoms with Crippen LogP contribution in [-0.4, -0.2) is 12.0 Å². The van der Waals surface area contributed by atoms with Crippen molar-refractivity contribution in [1.82, 2.24) is 0 Å². The number of anilines is 1. The molecule has 0 unspecified atom stereocenters. The summed E-state index contributed by atoms with van der Waals surface area (Å²) in [6.45, 7) is 0. The normalized spacial score (nSPS) is 8.60. The second kappa shape index (κ2) is 6.10. The van der Waals surface area contributed by atoms with Gasteiger partial charge >= 0.3 is 6.03 Å². The average molecular weight is 249 g/mol. The summed E-state index contributed by atoms with van der Waals surface area (Å²) in [5.41, 5.74) is 10.5. The van der Waals surface area contributed by atoms with Gasteiger partial charge in [0.1, 0.15) is 0 Å². The van der Waals surface area contributed by atoms with Crippen LogP contribution in [0.25, 0.3) is 0 Å². The van der Waals surface area contributed by atoms with Gasteiger partial charge in [-0.15, -0.1) is 12.4 Å². The van der Waals surface area contributed by atoms with E-state index < -0.39 is 6.03 Å². The number of halogens is 2. The molecule has 5 N–H and O–H groups in total. The molecule has 2 amide bonds. The number of guanidine groups is 1. The second-order valence-corrected chi connectivity index (χ2v) is 2.85. The number of benzene rings is 1. The molecular formula is C8H10Cl2N4O. The van der Waals surface area contributed by atoms with E-state index in [0.717, 1.165) is 0 Å². The van der Waals surface area contributed by atoms with Crippen molar-refractivity contribution in [3.8, 4) is 0 Å². The van der Waals surface area contributed by atoms with Crippen molar-refractivity contribution in [2.75, 3.05) is 5.32 Å². The van der Waals surface area contributed by atoms with Gasteiger partial charge in [0.2, 0.25) is 0 Å². The Kier molecular flexibility index (Phi) is 5.51.